The van der Waals surface area contributed by atoms with E-state index in [4.69, 9.17) is 9.26 Å². The number of carbonyl (C=O) groups is 1. The zero-order valence-corrected chi connectivity index (χ0v) is 13.9. The molecular weight excluding hydrogens is 312 g/mol. The second-order valence-electron chi connectivity index (χ2n) is 5.02. The first-order valence-corrected chi connectivity index (χ1v) is 7.89. The minimum Gasteiger partial charge on any atom is -0.495 e. The number of thiophene rings is 1. The standard InChI is InChI=1S/C17H16N2O3S/c1-10-16(11(2)22-19-10)14-8-9-15(23-14)17(20)18-12-6-4-5-7-13(12)21-3/h4-9H,1-3H3,(H,18,20). The van der Waals surface area contributed by atoms with Crippen molar-refractivity contribution in [2.75, 3.05) is 12.4 Å². The number of aryl methyl sites for hydroxylation is 2. The molecule has 5 nitrogen and oxygen atoms in total. The zero-order valence-electron chi connectivity index (χ0n) is 13.0. The maximum absolute atomic E-state index is 12.4. The first kappa shape index (κ1) is 15.3. The zero-order chi connectivity index (χ0) is 16.4. The highest BCUT2D eigenvalue weighted by Gasteiger charge is 2.17. The molecule has 0 saturated heterocycles. The molecular formula is C17H16N2O3S. The van der Waals surface area contributed by atoms with Gasteiger partial charge in [-0.3, -0.25) is 4.79 Å². The number of methoxy groups -OCH3 is 1. The fourth-order valence-electron chi connectivity index (χ4n) is 2.36. The molecule has 2 aromatic heterocycles. The molecule has 0 aliphatic carbocycles. The highest BCUT2D eigenvalue weighted by Crippen LogP contribution is 2.33. The van der Waals surface area contributed by atoms with E-state index >= 15 is 0 Å². The number of amides is 1. The lowest BCUT2D eigenvalue weighted by molar-refractivity contribution is 0.103. The lowest BCUT2D eigenvalue weighted by Crippen LogP contribution is -2.10. The molecule has 1 aromatic carbocycles. The lowest BCUT2D eigenvalue weighted by atomic mass is 10.2. The summed E-state index contributed by atoms with van der Waals surface area (Å²) in [7, 11) is 1.58. The van der Waals surface area contributed by atoms with E-state index in [0.29, 0.717) is 16.3 Å². The number of ether oxygens (including phenoxy) is 1. The Labute approximate surface area is 137 Å². The molecule has 0 saturated carbocycles. The van der Waals surface area contributed by atoms with Crippen LogP contribution in [-0.2, 0) is 0 Å². The summed E-state index contributed by atoms with van der Waals surface area (Å²) in [5.74, 6) is 1.21. The molecule has 118 valence electrons. The minimum atomic E-state index is -0.169. The van der Waals surface area contributed by atoms with Gasteiger partial charge in [0.25, 0.3) is 5.91 Å². The van der Waals surface area contributed by atoms with Crippen molar-refractivity contribution in [1.82, 2.24) is 5.16 Å². The molecule has 0 unspecified atom stereocenters. The summed E-state index contributed by atoms with van der Waals surface area (Å²) >= 11 is 1.41. The number of hydrogen-bond donors (Lipinski definition) is 1. The van der Waals surface area contributed by atoms with Gasteiger partial charge in [-0.05, 0) is 38.1 Å². The molecule has 0 aliphatic rings. The number of aromatic nitrogens is 1. The van der Waals surface area contributed by atoms with Gasteiger partial charge in [-0.1, -0.05) is 17.3 Å². The Morgan fingerprint density at radius 3 is 2.70 bits per heavy atom. The molecule has 1 N–H and O–H groups in total. The average Bonchev–Trinajstić information content (AvgIpc) is 3.14. The van der Waals surface area contributed by atoms with Gasteiger partial charge in [-0.15, -0.1) is 11.3 Å². The molecule has 0 spiro atoms. The van der Waals surface area contributed by atoms with Crippen LogP contribution in [0.3, 0.4) is 0 Å². The summed E-state index contributed by atoms with van der Waals surface area (Å²) in [4.78, 5) is 14.0. The van der Waals surface area contributed by atoms with Gasteiger partial charge in [-0.25, -0.2) is 0 Å². The van der Waals surface area contributed by atoms with Crippen molar-refractivity contribution in [2.45, 2.75) is 13.8 Å². The number of benzene rings is 1. The van der Waals surface area contributed by atoms with Gasteiger partial charge in [0.15, 0.2) is 0 Å². The summed E-state index contributed by atoms with van der Waals surface area (Å²) < 4.78 is 10.4. The van der Waals surface area contributed by atoms with Gasteiger partial charge in [-0.2, -0.15) is 0 Å². The summed E-state index contributed by atoms with van der Waals surface area (Å²) in [5.41, 5.74) is 2.42. The Morgan fingerprint density at radius 2 is 2.00 bits per heavy atom. The molecule has 0 aliphatic heterocycles. The van der Waals surface area contributed by atoms with Crippen molar-refractivity contribution >= 4 is 22.9 Å². The number of hydrogen-bond acceptors (Lipinski definition) is 5. The van der Waals surface area contributed by atoms with Crippen molar-refractivity contribution in [3.05, 3.63) is 52.7 Å². The van der Waals surface area contributed by atoms with E-state index in [1.54, 1.807) is 25.3 Å². The van der Waals surface area contributed by atoms with Gasteiger partial charge >= 0.3 is 0 Å². The summed E-state index contributed by atoms with van der Waals surface area (Å²) in [6.07, 6.45) is 0. The molecule has 1 amide bonds. The van der Waals surface area contributed by atoms with Crippen LogP contribution < -0.4 is 10.1 Å². The molecule has 3 rings (SSSR count). The third-order valence-corrected chi connectivity index (χ3v) is 4.57. The van der Waals surface area contributed by atoms with Crippen LogP contribution >= 0.6 is 11.3 Å². The fourth-order valence-corrected chi connectivity index (χ4v) is 3.41. The number of anilines is 1. The molecule has 0 fully saturated rings. The van der Waals surface area contributed by atoms with Crippen LogP contribution in [0.15, 0.2) is 40.9 Å². The second-order valence-corrected chi connectivity index (χ2v) is 6.10. The first-order valence-electron chi connectivity index (χ1n) is 7.07. The first-order chi connectivity index (χ1) is 11.1. The average molecular weight is 328 g/mol. The van der Waals surface area contributed by atoms with Crippen LogP contribution in [0.25, 0.3) is 10.4 Å². The van der Waals surface area contributed by atoms with Crippen molar-refractivity contribution in [3.63, 3.8) is 0 Å². The quantitative estimate of drug-likeness (QED) is 0.776. The molecule has 6 heteroatoms. The number of carbonyl (C=O) groups excluding carboxylic acids is 1. The minimum absolute atomic E-state index is 0.169. The van der Waals surface area contributed by atoms with E-state index in [9.17, 15) is 4.79 Å². The molecule has 0 radical (unpaired) electrons. The van der Waals surface area contributed by atoms with Gasteiger partial charge in [0.2, 0.25) is 0 Å². The van der Waals surface area contributed by atoms with Crippen molar-refractivity contribution in [2.24, 2.45) is 0 Å². The molecule has 0 bridgehead atoms. The van der Waals surface area contributed by atoms with Crippen LogP contribution in [0.2, 0.25) is 0 Å². The summed E-state index contributed by atoms with van der Waals surface area (Å²) in [6, 6.07) is 11.0. The Hall–Kier alpha value is -2.60. The maximum atomic E-state index is 12.4. The molecule has 0 atom stereocenters. The largest absolute Gasteiger partial charge is 0.495 e. The normalized spacial score (nSPS) is 10.6. The molecule has 3 aromatic rings. The fraction of sp³-hybridized carbons (Fsp3) is 0.176. The Bertz CT molecular complexity index is 832. The van der Waals surface area contributed by atoms with Gasteiger partial charge in [0.1, 0.15) is 11.5 Å². The van der Waals surface area contributed by atoms with Crippen molar-refractivity contribution in [3.8, 4) is 16.2 Å². The predicted molar refractivity (Wildman–Crippen MR) is 90.2 cm³/mol. The van der Waals surface area contributed by atoms with E-state index in [1.807, 2.05) is 32.0 Å². The third kappa shape index (κ3) is 2.98. The van der Waals surface area contributed by atoms with Crippen LogP contribution in [0.4, 0.5) is 5.69 Å². The van der Waals surface area contributed by atoms with Crippen LogP contribution in [0.5, 0.6) is 5.75 Å². The maximum Gasteiger partial charge on any atom is 0.265 e. The van der Waals surface area contributed by atoms with Gasteiger partial charge in [0, 0.05) is 4.88 Å². The number of rotatable bonds is 4. The SMILES string of the molecule is COc1ccccc1NC(=O)c1ccc(-c2c(C)noc2C)s1. The van der Waals surface area contributed by atoms with Crippen LogP contribution in [0.1, 0.15) is 21.1 Å². The van der Waals surface area contributed by atoms with Gasteiger partial charge < -0.3 is 14.6 Å². The van der Waals surface area contributed by atoms with E-state index in [1.165, 1.54) is 11.3 Å². The summed E-state index contributed by atoms with van der Waals surface area (Å²) in [5, 5.41) is 6.82. The van der Waals surface area contributed by atoms with Crippen LogP contribution in [0, 0.1) is 13.8 Å². The highest BCUT2D eigenvalue weighted by atomic mass is 32.1. The Morgan fingerprint density at radius 1 is 1.22 bits per heavy atom. The van der Waals surface area contributed by atoms with Crippen molar-refractivity contribution < 1.29 is 14.1 Å². The number of nitrogens with zero attached hydrogens (tertiary/aromatic N) is 1. The smallest absolute Gasteiger partial charge is 0.265 e. The highest BCUT2D eigenvalue weighted by molar-refractivity contribution is 7.17. The number of para-hydroxylation sites is 2. The topological polar surface area (TPSA) is 64.4 Å². The molecule has 2 heterocycles. The molecule has 23 heavy (non-hydrogen) atoms. The lowest BCUT2D eigenvalue weighted by Gasteiger charge is -2.08. The number of nitrogens with one attached hydrogen (secondary N) is 1. The monoisotopic (exact) mass is 328 g/mol. The van der Waals surface area contributed by atoms with Crippen LogP contribution in [-0.4, -0.2) is 18.2 Å². The predicted octanol–water partition coefficient (Wildman–Crippen LogP) is 4.28. The van der Waals surface area contributed by atoms with Gasteiger partial charge in [0.05, 0.1) is 28.9 Å². The van der Waals surface area contributed by atoms with E-state index < -0.39 is 0 Å². The van der Waals surface area contributed by atoms with Crippen molar-refractivity contribution in [1.29, 1.82) is 0 Å². The second kappa shape index (κ2) is 6.26. The van der Waals surface area contributed by atoms with E-state index in [-0.39, 0.29) is 5.91 Å². The Kier molecular flexibility index (Phi) is 4.16. The Balaban J connectivity index is 1.84. The summed E-state index contributed by atoms with van der Waals surface area (Å²) in [6.45, 7) is 3.75. The van der Waals surface area contributed by atoms with E-state index in [0.717, 1.165) is 21.9 Å². The third-order valence-electron chi connectivity index (χ3n) is 3.46. The van der Waals surface area contributed by atoms with E-state index in [2.05, 4.69) is 10.5 Å².